The Balaban J connectivity index is 1.13. The number of nitrogens with zero attached hydrogens (tertiary/aromatic N) is 3. The molecule has 55 heavy (non-hydrogen) atoms. The number of fused-ring (bicyclic) bond motifs is 7. The number of carbonyl (C=O) groups is 2. The van der Waals surface area contributed by atoms with E-state index in [1.807, 2.05) is 31.2 Å². The minimum Gasteiger partial charge on any atom is -0.490 e. The number of benzene rings is 2. The van der Waals surface area contributed by atoms with Crippen LogP contribution in [0.3, 0.4) is 0 Å². The molecule has 1 spiro atoms. The molecule has 296 valence electrons. The second-order valence-electron chi connectivity index (χ2n) is 17.6. The molecule has 3 fully saturated rings. The quantitative estimate of drug-likeness (QED) is 0.369. The van der Waals surface area contributed by atoms with E-state index in [4.69, 9.17) is 25.8 Å². The normalized spacial score (nSPS) is 34.8. The number of carbonyl (C=O) groups excluding carboxylic acids is 2. The third kappa shape index (κ3) is 6.29. The minimum atomic E-state index is -1.04. The second kappa shape index (κ2) is 14.6. The number of hydrogen-bond acceptors (Lipinski definition) is 7. The van der Waals surface area contributed by atoms with E-state index in [1.165, 1.54) is 0 Å². The molecule has 1 saturated carbocycles. The first-order valence-corrected chi connectivity index (χ1v) is 21.2. The summed E-state index contributed by atoms with van der Waals surface area (Å²) < 4.78 is 35.2. The predicted octanol–water partition coefficient (Wildman–Crippen LogP) is 6.26. The maximum Gasteiger partial charge on any atom is 0.259 e. The smallest absolute Gasteiger partial charge is 0.259 e. The molecule has 9 nitrogen and oxygen atoms in total. The maximum atomic E-state index is 15.7. The van der Waals surface area contributed by atoms with E-state index in [9.17, 15) is 4.79 Å². The van der Waals surface area contributed by atoms with E-state index < -0.39 is 11.0 Å². The number of hydrogen-bond donors (Lipinski definition) is 1. The van der Waals surface area contributed by atoms with Crippen LogP contribution in [0.1, 0.15) is 74.4 Å². The van der Waals surface area contributed by atoms with Crippen LogP contribution in [0.5, 0.6) is 5.75 Å². The number of morpholine rings is 1. The molecular weight excluding hydrogens is 719 g/mol. The number of amides is 2. The van der Waals surface area contributed by atoms with Crippen LogP contribution in [0.2, 0.25) is 5.02 Å². The SMILES string of the molecule is CCO[C@@]1(C(=O)N2CCN3CCOC[C@@H]3C2)C2=C[C@@H](C2)[C@H](C)[C@@H](C)CNC(=O)c2ccc3c(c2)N(C[C@@H]2CC[C@H]21)C[C@@]1(CCCc2c1ccc(Cl)c2F)CO3. The number of piperazine rings is 1. The number of halogens is 2. The molecule has 1 N–H and O–H groups in total. The van der Waals surface area contributed by atoms with Crippen LogP contribution in [0.15, 0.2) is 42.0 Å². The Morgan fingerprint density at radius 1 is 1.13 bits per heavy atom. The van der Waals surface area contributed by atoms with Crippen molar-refractivity contribution in [2.24, 2.45) is 29.6 Å². The van der Waals surface area contributed by atoms with Gasteiger partial charge in [-0.15, -0.1) is 0 Å². The van der Waals surface area contributed by atoms with Gasteiger partial charge in [0.05, 0.1) is 36.6 Å². The van der Waals surface area contributed by atoms with Crippen molar-refractivity contribution >= 4 is 29.1 Å². The molecular formula is C44H56ClFN4O5. The molecule has 0 aromatic heterocycles. The van der Waals surface area contributed by atoms with Gasteiger partial charge in [0.25, 0.3) is 11.8 Å². The topological polar surface area (TPSA) is 83.6 Å². The summed E-state index contributed by atoms with van der Waals surface area (Å²) in [4.78, 5) is 36.1. The van der Waals surface area contributed by atoms with Crippen LogP contribution < -0.4 is 15.0 Å². The summed E-state index contributed by atoms with van der Waals surface area (Å²) in [6.07, 6.45) is 7.33. The van der Waals surface area contributed by atoms with E-state index in [2.05, 4.69) is 39.9 Å². The van der Waals surface area contributed by atoms with Crippen LogP contribution in [0, 0.1) is 35.4 Å². The van der Waals surface area contributed by atoms with Gasteiger partial charge in [-0.25, -0.2) is 4.39 Å². The van der Waals surface area contributed by atoms with Gasteiger partial charge in [0.2, 0.25) is 0 Å². The first kappa shape index (κ1) is 37.4. The van der Waals surface area contributed by atoms with Crippen molar-refractivity contribution in [1.82, 2.24) is 15.1 Å². The molecule has 2 amide bonds. The van der Waals surface area contributed by atoms with Crippen molar-refractivity contribution in [2.45, 2.75) is 76.4 Å². The molecule has 10 rings (SSSR count). The molecule has 0 unspecified atom stereocenters. The van der Waals surface area contributed by atoms with Gasteiger partial charge in [-0.05, 0) is 110 Å². The Labute approximate surface area is 329 Å². The minimum absolute atomic E-state index is 0.0154. The van der Waals surface area contributed by atoms with Crippen molar-refractivity contribution < 1.29 is 28.2 Å². The number of anilines is 1. The van der Waals surface area contributed by atoms with Gasteiger partial charge in [-0.1, -0.05) is 37.6 Å². The molecule has 8 atom stereocenters. The summed E-state index contributed by atoms with van der Waals surface area (Å²) in [5, 5.41) is 3.38. The summed E-state index contributed by atoms with van der Waals surface area (Å²) in [7, 11) is 0. The van der Waals surface area contributed by atoms with Crippen molar-refractivity contribution in [2.75, 3.05) is 77.1 Å². The third-order valence-electron chi connectivity index (χ3n) is 14.7. The molecule has 3 aliphatic carbocycles. The lowest BCUT2D eigenvalue weighted by Crippen LogP contribution is -2.67. The van der Waals surface area contributed by atoms with Gasteiger partial charge in [-0.3, -0.25) is 14.5 Å². The molecule has 2 aromatic carbocycles. The molecule has 4 bridgehead atoms. The highest BCUT2D eigenvalue weighted by Gasteiger charge is 2.60. The highest BCUT2D eigenvalue weighted by molar-refractivity contribution is 6.30. The second-order valence-corrected chi connectivity index (χ2v) is 18.0. The van der Waals surface area contributed by atoms with Crippen molar-refractivity contribution in [3.63, 3.8) is 0 Å². The molecule has 11 heteroatoms. The molecule has 0 radical (unpaired) electrons. The van der Waals surface area contributed by atoms with Crippen molar-refractivity contribution in [3.8, 4) is 5.75 Å². The first-order chi connectivity index (χ1) is 26.6. The maximum absolute atomic E-state index is 15.7. The first-order valence-electron chi connectivity index (χ1n) is 20.9. The van der Waals surface area contributed by atoms with Gasteiger partial charge in [0.15, 0.2) is 5.60 Å². The summed E-state index contributed by atoms with van der Waals surface area (Å²) in [5.74, 6) is 1.38. The van der Waals surface area contributed by atoms with E-state index in [0.717, 1.165) is 74.4 Å². The Morgan fingerprint density at radius 3 is 2.78 bits per heavy atom. The average molecular weight is 775 g/mol. The third-order valence-corrected chi connectivity index (χ3v) is 15.0. The molecule has 8 aliphatic rings. The molecule has 2 aromatic rings. The van der Waals surface area contributed by atoms with Gasteiger partial charge < -0.3 is 29.3 Å². The van der Waals surface area contributed by atoms with Gasteiger partial charge >= 0.3 is 0 Å². The zero-order chi connectivity index (χ0) is 38.1. The lowest BCUT2D eigenvalue weighted by Gasteiger charge is -2.56. The molecule has 2 saturated heterocycles. The Kier molecular flexibility index (Phi) is 9.96. The summed E-state index contributed by atoms with van der Waals surface area (Å²) >= 11 is 6.34. The fourth-order valence-electron chi connectivity index (χ4n) is 11.1. The van der Waals surface area contributed by atoms with Crippen LogP contribution in [0.25, 0.3) is 0 Å². The Morgan fingerprint density at radius 2 is 1.98 bits per heavy atom. The molecule has 5 aliphatic heterocycles. The molecule has 5 heterocycles. The lowest BCUT2D eigenvalue weighted by molar-refractivity contribution is -0.175. The Hall–Kier alpha value is -3.18. The summed E-state index contributed by atoms with van der Waals surface area (Å²) in [6, 6.07) is 9.65. The predicted molar refractivity (Wildman–Crippen MR) is 210 cm³/mol. The van der Waals surface area contributed by atoms with Gasteiger partial charge in [-0.2, -0.15) is 0 Å². The van der Waals surface area contributed by atoms with E-state index in [1.54, 1.807) is 6.07 Å². The van der Waals surface area contributed by atoms with E-state index in [-0.39, 0.29) is 46.4 Å². The van der Waals surface area contributed by atoms with Crippen LogP contribution in [-0.4, -0.2) is 105 Å². The van der Waals surface area contributed by atoms with Crippen LogP contribution >= 0.6 is 11.6 Å². The number of allylic oxidation sites excluding steroid dienone is 1. The van der Waals surface area contributed by atoms with Gasteiger partial charge in [0.1, 0.15) is 11.6 Å². The zero-order valence-electron chi connectivity index (χ0n) is 32.6. The average Bonchev–Trinajstić information content (AvgIpc) is 3.32. The highest BCUT2D eigenvalue weighted by atomic mass is 35.5. The largest absolute Gasteiger partial charge is 0.490 e. The number of ether oxygens (including phenoxy) is 3. The fraction of sp³-hybridized carbons (Fsp3) is 0.636. The Bertz CT molecular complexity index is 1870. The van der Waals surface area contributed by atoms with Crippen molar-refractivity contribution in [3.05, 3.63) is 69.5 Å². The summed E-state index contributed by atoms with van der Waals surface area (Å²) in [5.41, 5.74) is 2.72. The summed E-state index contributed by atoms with van der Waals surface area (Å²) in [6.45, 7) is 13.6. The fourth-order valence-corrected chi connectivity index (χ4v) is 11.3. The van der Waals surface area contributed by atoms with Crippen LogP contribution in [0.4, 0.5) is 10.1 Å². The van der Waals surface area contributed by atoms with E-state index >= 15 is 9.18 Å². The monoisotopic (exact) mass is 774 g/mol. The van der Waals surface area contributed by atoms with Crippen LogP contribution in [-0.2, 0) is 26.1 Å². The van der Waals surface area contributed by atoms with Gasteiger partial charge in [0, 0.05) is 69.3 Å². The lowest BCUT2D eigenvalue weighted by atomic mass is 9.57. The number of nitrogens with one attached hydrogen (secondary N) is 1. The number of rotatable bonds is 3. The highest BCUT2D eigenvalue weighted by Crippen LogP contribution is 2.55. The van der Waals surface area contributed by atoms with E-state index in [0.29, 0.717) is 81.9 Å². The zero-order valence-corrected chi connectivity index (χ0v) is 33.3. The standard InChI is InChI=1S/C44H56ClFN4O5/c1-4-55-44(42(52)49-15-14-48-16-17-53-24-33(48)23-49)32-18-31(19-32)28(3)27(2)21-47-41(51)29-8-12-39-38(20-29)50(22-30-7-9-35(30)44)25-43(26-54-39)13-5-6-34-36(43)10-11-37(45)40(34)46/h8,10-12,18,20,27-28,30-31,33,35H,4-7,9,13-17,19,21-26H2,1-3H3,(H,47,51)/t27-,28+,30-,31-,33-,35+,43-,44-/m0/s1. The van der Waals surface area contributed by atoms with Crippen molar-refractivity contribution in [1.29, 1.82) is 0 Å².